The molecule has 1 aromatic carbocycles. The van der Waals surface area contributed by atoms with E-state index < -0.39 is 0 Å². The molecule has 0 atom stereocenters. The number of hydrogen-bond donors (Lipinski definition) is 0. The predicted octanol–water partition coefficient (Wildman–Crippen LogP) is 3.85. The lowest BCUT2D eigenvalue weighted by molar-refractivity contribution is 0.0981. The first-order valence-corrected chi connectivity index (χ1v) is 8.30. The van der Waals surface area contributed by atoms with Gasteiger partial charge in [0.25, 0.3) is 0 Å². The van der Waals surface area contributed by atoms with Gasteiger partial charge in [-0.15, -0.1) is 23.5 Å². The number of ether oxygens (including phenoxy) is 1. The predicted molar refractivity (Wildman–Crippen MR) is 79.9 cm³/mol. The maximum Gasteiger partial charge on any atom is 0.162 e. The summed E-state index contributed by atoms with van der Waals surface area (Å²) in [5, 5.41) is 0. The molecular weight excluding hydrogens is 264 g/mol. The summed E-state index contributed by atoms with van der Waals surface area (Å²) in [6.07, 6.45) is 2.94. The van der Waals surface area contributed by atoms with Crippen LogP contribution in [0.3, 0.4) is 0 Å². The van der Waals surface area contributed by atoms with Crippen molar-refractivity contribution in [3.63, 3.8) is 0 Å². The van der Waals surface area contributed by atoms with Gasteiger partial charge in [-0.2, -0.15) is 0 Å². The summed E-state index contributed by atoms with van der Waals surface area (Å²) >= 11 is 3.99. The molecule has 1 aliphatic rings. The zero-order valence-corrected chi connectivity index (χ0v) is 12.2. The van der Waals surface area contributed by atoms with E-state index in [2.05, 4.69) is 0 Å². The normalized spacial score (nSPS) is 16.5. The number of carbonyl (C=O) groups excluding carboxylic acids is 1. The SMILES string of the molecule is COc1ccc(C(=O)CCC2SCCCS2)cc1. The Morgan fingerprint density at radius 1 is 1.28 bits per heavy atom. The minimum Gasteiger partial charge on any atom is -0.497 e. The van der Waals surface area contributed by atoms with Crippen molar-refractivity contribution >= 4 is 29.3 Å². The number of methoxy groups -OCH3 is 1. The Bertz CT molecular complexity index is 383. The van der Waals surface area contributed by atoms with E-state index in [9.17, 15) is 4.79 Å². The van der Waals surface area contributed by atoms with Crippen molar-refractivity contribution in [2.75, 3.05) is 18.6 Å². The number of Topliss-reactive ketones (excluding diaryl/α,β-unsaturated/α-hetero) is 1. The minimum absolute atomic E-state index is 0.240. The molecule has 4 heteroatoms. The van der Waals surface area contributed by atoms with Gasteiger partial charge in [0, 0.05) is 12.0 Å². The maximum atomic E-state index is 12.0. The fourth-order valence-electron chi connectivity index (χ4n) is 1.87. The van der Waals surface area contributed by atoms with Crippen molar-refractivity contribution in [1.82, 2.24) is 0 Å². The highest BCUT2D eigenvalue weighted by Crippen LogP contribution is 2.33. The Hall–Kier alpha value is -0.610. The third kappa shape index (κ3) is 3.95. The summed E-state index contributed by atoms with van der Waals surface area (Å²) in [6, 6.07) is 7.39. The van der Waals surface area contributed by atoms with Crippen LogP contribution in [0, 0.1) is 0 Å². The molecular formula is C14H18O2S2. The lowest BCUT2D eigenvalue weighted by atomic mass is 10.1. The van der Waals surface area contributed by atoms with Gasteiger partial charge in [0.05, 0.1) is 11.7 Å². The third-order valence-corrected chi connectivity index (χ3v) is 6.00. The quantitative estimate of drug-likeness (QED) is 0.766. The second kappa shape index (κ2) is 7.10. The molecule has 1 fully saturated rings. The zero-order chi connectivity index (χ0) is 12.8. The highest BCUT2D eigenvalue weighted by molar-refractivity contribution is 8.17. The van der Waals surface area contributed by atoms with Gasteiger partial charge in [-0.3, -0.25) is 4.79 Å². The number of rotatable bonds is 5. The van der Waals surface area contributed by atoms with Crippen LogP contribution in [0.25, 0.3) is 0 Å². The van der Waals surface area contributed by atoms with Gasteiger partial charge in [0.1, 0.15) is 5.75 Å². The van der Waals surface area contributed by atoms with Crippen LogP contribution < -0.4 is 4.74 Å². The zero-order valence-electron chi connectivity index (χ0n) is 10.6. The highest BCUT2D eigenvalue weighted by Gasteiger charge is 2.16. The van der Waals surface area contributed by atoms with Crippen molar-refractivity contribution in [3.8, 4) is 5.75 Å². The Morgan fingerprint density at radius 3 is 2.56 bits per heavy atom. The first kappa shape index (κ1) is 13.8. The molecule has 1 aliphatic heterocycles. The average molecular weight is 282 g/mol. The molecule has 1 aromatic rings. The van der Waals surface area contributed by atoms with Crippen LogP contribution in [0.4, 0.5) is 0 Å². The van der Waals surface area contributed by atoms with Gasteiger partial charge in [-0.25, -0.2) is 0 Å². The summed E-state index contributed by atoms with van der Waals surface area (Å²) < 4.78 is 5.70. The lowest BCUT2D eigenvalue weighted by Gasteiger charge is -2.20. The third-order valence-electron chi connectivity index (χ3n) is 2.92. The number of hydrogen-bond acceptors (Lipinski definition) is 4. The second-order valence-corrected chi connectivity index (χ2v) is 7.13. The smallest absolute Gasteiger partial charge is 0.162 e. The van der Waals surface area contributed by atoms with E-state index >= 15 is 0 Å². The Morgan fingerprint density at radius 2 is 1.94 bits per heavy atom. The van der Waals surface area contributed by atoms with E-state index in [-0.39, 0.29) is 5.78 Å². The van der Waals surface area contributed by atoms with Crippen LogP contribution in [0.1, 0.15) is 29.6 Å². The highest BCUT2D eigenvalue weighted by atomic mass is 32.2. The molecule has 98 valence electrons. The molecule has 18 heavy (non-hydrogen) atoms. The Balaban J connectivity index is 1.82. The van der Waals surface area contributed by atoms with Crippen molar-refractivity contribution in [2.24, 2.45) is 0 Å². The molecule has 0 saturated carbocycles. The molecule has 0 unspecified atom stereocenters. The summed E-state index contributed by atoms with van der Waals surface area (Å²) in [5.41, 5.74) is 0.793. The lowest BCUT2D eigenvalue weighted by Crippen LogP contribution is -2.09. The summed E-state index contributed by atoms with van der Waals surface area (Å²) in [6.45, 7) is 0. The standard InChI is InChI=1S/C14H18O2S2/c1-16-12-5-3-11(4-6-12)13(15)7-8-14-17-9-2-10-18-14/h3-6,14H,2,7-10H2,1H3. The number of thioether (sulfide) groups is 2. The van der Waals surface area contributed by atoms with E-state index in [4.69, 9.17) is 4.74 Å². The molecule has 1 saturated heterocycles. The van der Waals surface area contributed by atoms with Crippen LogP contribution in [-0.4, -0.2) is 29.0 Å². The molecule has 0 amide bonds. The first-order chi connectivity index (χ1) is 8.79. The Kier molecular flexibility index (Phi) is 5.45. The van der Waals surface area contributed by atoms with Crippen molar-refractivity contribution in [3.05, 3.63) is 29.8 Å². The van der Waals surface area contributed by atoms with Crippen LogP contribution >= 0.6 is 23.5 Å². The summed E-state index contributed by atoms with van der Waals surface area (Å²) in [5.74, 6) is 3.53. The van der Waals surface area contributed by atoms with Gasteiger partial charge in [-0.1, -0.05) is 0 Å². The van der Waals surface area contributed by atoms with Gasteiger partial charge in [0.15, 0.2) is 5.78 Å². The van der Waals surface area contributed by atoms with E-state index in [0.29, 0.717) is 11.0 Å². The second-order valence-electron chi connectivity index (χ2n) is 4.22. The van der Waals surface area contributed by atoms with E-state index in [1.54, 1.807) is 7.11 Å². The van der Waals surface area contributed by atoms with Crippen molar-refractivity contribution < 1.29 is 9.53 Å². The van der Waals surface area contributed by atoms with Gasteiger partial charge in [0.2, 0.25) is 0 Å². The molecule has 1 heterocycles. The molecule has 0 aromatic heterocycles. The van der Waals surface area contributed by atoms with Crippen LogP contribution in [0.2, 0.25) is 0 Å². The van der Waals surface area contributed by atoms with Crippen LogP contribution in [0.5, 0.6) is 5.75 Å². The fraction of sp³-hybridized carbons (Fsp3) is 0.500. The van der Waals surface area contributed by atoms with E-state index in [1.165, 1.54) is 17.9 Å². The molecule has 0 aliphatic carbocycles. The largest absolute Gasteiger partial charge is 0.497 e. The number of carbonyl (C=O) groups is 1. The molecule has 0 spiro atoms. The van der Waals surface area contributed by atoms with Crippen molar-refractivity contribution in [1.29, 1.82) is 0 Å². The van der Waals surface area contributed by atoms with Crippen LogP contribution in [0.15, 0.2) is 24.3 Å². The molecule has 2 nitrogen and oxygen atoms in total. The molecule has 0 N–H and O–H groups in total. The van der Waals surface area contributed by atoms with Crippen molar-refractivity contribution in [2.45, 2.75) is 23.8 Å². The fourth-order valence-corrected chi connectivity index (χ4v) is 4.74. The average Bonchev–Trinajstić information content (AvgIpc) is 2.46. The minimum atomic E-state index is 0.240. The maximum absolute atomic E-state index is 12.0. The molecule has 2 rings (SSSR count). The number of ketones is 1. The summed E-state index contributed by atoms with van der Waals surface area (Å²) in [7, 11) is 1.63. The van der Waals surface area contributed by atoms with Gasteiger partial charge in [-0.05, 0) is 48.6 Å². The Labute approximate surface area is 117 Å². The monoisotopic (exact) mass is 282 g/mol. The van der Waals surface area contributed by atoms with Gasteiger partial charge >= 0.3 is 0 Å². The topological polar surface area (TPSA) is 26.3 Å². The first-order valence-electron chi connectivity index (χ1n) is 6.20. The van der Waals surface area contributed by atoms with E-state index in [1.807, 2.05) is 47.8 Å². The molecule has 0 radical (unpaired) electrons. The van der Waals surface area contributed by atoms with E-state index in [0.717, 1.165) is 17.7 Å². The number of benzene rings is 1. The molecule has 0 bridgehead atoms. The van der Waals surface area contributed by atoms with Crippen LogP contribution in [-0.2, 0) is 0 Å². The van der Waals surface area contributed by atoms with Gasteiger partial charge < -0.3 is 4.74 Å². The summed E-state index contributed by atoms with van der Waals surface area (Å²) in [4.78, 5) is 12.0.